The quantitative estimate of drug-likeness (QED) is 0.683. The van der Waals surface area contributed by atoms with Crippen molar-refractivity contribution in [1.82, 2.24) is 10.8 Å². The lowest BCUT2D eigenvalue weighted by Gasteiger charge is -2.04. The second kappa shape index (κ2) is 5.16. The second-order valence-corrected chi connectivity index (χ2v) is 2.46. The van der Waals surface area contributed by atoms with Crippen molar-refractivity contribution in [2.45, 2.75) is 6.61 Å². The smallest absolute Gasteiger partial charge is 0.338 e. The standard InChI is InChI=1S/C9H12N2O2/c1-10-9(12)11-13-7-8-5-3-2-4-6-8/h2-6H,7H2,1H3,(H2,10,11,12). The Morgan fingerprint density at radius 2 is 2.08 bits per heavy atom. The lowest BCUT2D eigenvalue weighted by atomic mass is 10.2. The first kappa shape index (κ1) is 9.54. The number of carbonyl (C=O) groups excluding carboxylic acids is 1. The Morgan fingerprint density at radius 3 is 2.69 bits per heavy atom. The molecule has 4 nitrogen and oxygen atoms in total. The summed E-state index contributed by atoms with van der Waals surface area (Å²) >= 11 is 0. The summed E-state index contributed by atoms with van der Waals surface area (Å²) in [4.78, 5) is 15.6. The van der Waals surface area contributed by atoms with Gasteiger partial charge in [-0.1, -0.05) is 30.3 Å². The molecule has 1 aromatic carbocycles. The maximum Gasteiger partial charge on any atom is 0.338 e. The van der Waals surface area contributed by atoms with Gasteiger partial charge in [0, 0.05) is 7.05 Å². The highest BCUT2D eigenvalue weighted by Gasteiger charge is 1.95. The molecule has 0 spiro atoms. The van der Waals surface area contributed by atoms with Gasteiger partial charge in [-0.3, -0.25) is 4.84 Å². The van der Waals surface area contributed by atoms with Crippen LogP contribution < -0.4 is 10.8 Å². The van der Waals surface area contributed by atoms with Crippen LogP contribution in [-0.2, 0) is 11.4 Å². The third kappa shape index (κ3) is 3.57. The van der Waals surface area contributed by atoms with E-state index in [1.165, 1.54) is 7.05 Å². The van der Waals surface area contributed by atoms with Crippen molar-refractivity contribution in [2.75, 3.05) is 7.05 Å². The fourth-order valence-corrected chi connectivity index (χ4v) is 0.810. The maximum atomic E-state index is 10.7. The summed E-state index contributed by atoms with van der Waals surface area (Å²) in [7, 11) is 1.53. The summed E-state index contributed by atoms with van der Waals surface area (Å²) < 4.78 is 0. The fraction of sp³-hybridized carbons (Fsp3) is 0.222. The molecule has 0 radical (unpaired) electrons. The Hall–Kier alpha value is -1.55. The Morgan fingerprint density at radius 1 is 1.38 bits per heavy atom. The third-order valence-corrected chi connectivity index (χ3v) is 1.47. The zero-order valence-electron chi connectivity index (χ0n) is 7.41. The second-order valence-electron chi connectivity index (χ2n) is 2.46. The van der Waals surface area contributed by atoms with Crippen LogP contribution in [0.1, 0.15) is 5.56 Å². The first-order valence-corrected chi connectivity index (χ1v) is 3.96. The van der Waals surface area contributed by atoms with Gasteiger partial charge in [0.15, 0.2) is 0 Å². The number of urea groups is 1. The van der Waals surface area contributed by atoms with E-state index in [2.05, 4.69) is 10.8 Å². The highest BCUT2D eigenvalue weighted by molar-refractivity contribution is 5.72. The fourth-order valence-electron chi connectivity index (χ4n) is 0.810. The van der Waals surface area contributed by atoms with E-state index in [0.29, 0.717) is 6.61 Å². The number of rotatable bonds is 3. The highest BCUT2D eigenvalue weighted by atomic mass is 16.7. The highest BCUT2D eigenvalue weighted by Crippen LogP contribution is 1.98. The molecule has 13 heavy (non-hydrogen) atoms. The normalized spacial score (nSPS) is 9.31. The molecule has 1 aromatic rings. The lowest BCUT2D eigenvalue weighted by molar-refractivity contribution is 0.0497. The Bertz CT molecular complexity index is 262. The van der Waals surface area contributed by atoms with Crippen LogP contribution in [0.5, 0.6) is 0 Å². The number of nitrogens with one attached hydrogen (secondary N) is 2. The van der Waals surface area contributed by atoms with Crippen LogP contribution in [0.25, 0.3) is 0 Å². The molecule has 0 saturated heterocycles. The summed E-state index contributed by atoms with van der Waals surface area (Å²) in [5.41, 5.74) is 3.24. The molecule has 0 unspecified atom stereocenters. The van der Waals surface area contributed by atoms with Crippen molar-refractivity contribution in [1.29, 1.82) is 0 Å². The van der Waals surface area contributed by atoms with E-state index in [1.807, 2.05) is 30.3 Å². The van der Waals surface area contributed by atoms with E-state index < -0.39 is 0 Å². The number of benzene rings is 1. The molecule has 0 fully saturated rings. The SMILES string of the molecule is CNC(=O)NOCc1ccccc1. The van der Waals surface area contributed by atoms with Crippen molar-refractivity contribution < 1.29 is 9.63 Å². The topological polar surface area (TPSA) is 50.4 Å². The van der Waals surface area contributed by atoms with Crippen LogP contribution in [-0.4, -0.2) is 13.1 Å². The number of carbonyl (C=O) groups is 1. The first-order valence-electron chi connectivity index (χ1n) is 3.96. The largest absolute Gasteiger partial charge is 0.339 e. The van der Waals surface area contributed by atoms with Gasteiger partial charge in [0.1, 0.15) is 0 Å². The van der Waals surface area contributed by atoms with E-state index in [4.69, 9.17) is 4.84 Å². The molecular formula is C9H12N2O2. The van der Waals surface area contributed by atoms with Gasteiger partial charge in [-0.2, -0.15) is 0 Å². The molecule has 70 valence electrons. The van der Waals surface area contributed by atoms with E-state index >= 15 is 0 Å². The summed E-state index contributed by atoms with van der Waals surface area (Å²) in [5.74, 6) is 0. The van der Waals surface area contributed by atoms with Crippen molar-refractivity contribution in [3.63, 3.8) is 0 Å². The Labute approximate surface area is 76.9 Å². The van der Waals surface area contributed by atoms with Crippen molar-refractivity contribution >= 4 is 6.03 Å². The first-order chi connectivity index (χ1) is 6.33. The summed E-state index contributed by atoms with van der Waals surface area (Å²) in [6, 6.07) is 9.25. The van der Waals surface area contributed by atoms with Gasteiger partial charge in [0.05, 0.1) is 6.61 Å². The van der Waals surface area contributed by atoms with E-state index in [0.717, 1.165) is 5.56 Å². The average Bonchev–Trinajstić information content (AvgIpc) is 2.19. The van der Waals surface area contributed by atoms with Crippen LogP contribution in [0.4, 0.5) is 4.79 Å². The average molecular weight is 180 g/mol. The molecular weight excluding hydrogens is 168 g/mol. The van der Waals surface area contributed by atoms with Crippen molar-refractivity contribution in [3.8, 4) is 0 Å². The van der Waals surface area contributed by atoms with Gasteiger partial charge >= 0.3 is 6.03 Å². The molecule has 2 N–H and O–H groups in total. The van der Waals surface area contributed by atoms with Crippen LogP contribution in [0, 0.1) is 0 Å². The lowest BCUT2D eigenvalue weighted by Crippen LogP contribution is -2.32. The number of hydroxylamine groups is 1. The Balaban J connectivity index is 2.24. The molecule has 0 aliphatic rings. The summed E-state index contributed by atoms with van der Waals surface area (Å²) in [6.45, 7) is 0.369. The van der Waals surface area contributed by atoms with Crippen LogP contribution in [0.15, 0.2) is 30.3 Å². The van der Waals surface area contributed by atoms with E-state index in [-0.39, 0.29) is 6.03 Å². The van der Waals surface area contributed by atoms with Crippen LogP contribution in [0.2, 0.25) is 0 Å². The van der Waals surface area contributed by atoms with Crippen LogP contribution in [0.3, 0.4) is 0 Å². The zero-order valence-corrected chi connectivity index (χ0v) is 7.41. The molecule has 0 aromatic heterocycles. The van der Waals surface area contributed by atoms with Gasteiger partial charge in [-0.25, -0.2) is 10.3 Å². The summed E-state index contributed by atoms with van der Waals surface area (Å²) in [5, 5.41) is 2.38. The van der Waals surface area contributed by atoms with Crippen molar-refractivity contribution in [2.24, 2.45) is 0 Å². The number of hydrogen-bond acceptors (Lipinski definition) is 2. The summed E-state index contributed by atoms with van der Waals surface area (Å²) in [6.07, 6.45) is 0. The Kier molecular flexibility index (Phi) is 3.78. The molecule has 0 aliphatic carbocycles. The molecule has 0 atom stereocenters. The van der Waals surface area contributed by atoms with E-state index in [1.54, 1.807) is 0 Å². The monoisotopic (exact) mass is 180 g/mol. The number of hydrogen-bond donors (Lipinski definition) is 2. The molecule has 4 heteroatoms. The molecule has 0 heterocycles. The minimum atomic E-state index is -0.351. The van der Waals surface area contributed by atoms with Crippen molar-refractivity contribution in [3.05, 3.63) is 35.9 Å². The van der Waals surface area contributed by atoms with Gasteiger partial charge in [0.25, 0.3) is 0 Å². The predicted molar refractivity (Wildman–Crippen MR) is 48.8 cm³/mol. The molecule has 1 rings (SSSR count). The van der Waals surface area contributed by atoms with Gasteiger partial charge in [-0.05, 0) is 5.56 Å². The van der Waals surface area contributed by atoms with Gasteiger partial charge in [0.2, 0.25) is 0 Å². The zero-order chi connectivity index (χ0) is 9.52. The maximum absolute atomic E-state index is 10.7. The molecule has 0 bridgehead atoms. The van der Waals surface area contributed by atoms with Crippen LogP contribution >= 0.6 is 0 Å². The number of amides is 2. The van der Waals surface area contributed by atoms with Gasteiger partial charge in [-0.15, -0.1) is 0 Å². The van der Waals surface area contributed by atoms with E-state index in [9.17, 15) is 4.79 Å². The minimum Gasteiger partial charge on any atom is -0.339 e. The minimum absolute atomic E-state index is 0.351. The van der Waals surface area contributed by atoms with Gasteiger partial charge < -0.3 is 5.32 Å². The molecule has 0 saturated carbocycles. The molecule has 0 aliphatic heterocycles. The third-order valence-electron chi connectivity index (χ3n) is 1.47. The molecule has 2 amide bonds. The predicted octanol–water partition coefficient (Wildman–Crippen LogP) is 1.05.